The van der Waals surface area contributed by atoms with Gasteiger partial charge < -0.3 is 19.9 Å². The molecule has 2 atom stereocenters. The van der Waals surface area contributed by atoms with Crippen LogP contribution in [0, 0.1) is 6.92 Å². The number of ketones is 1. The van der Waals surface area contributed by atoms with Crippen LogP contribution in [0.2, 0.25) is 0 Å². The van der Waals surface area contributed by atoms with Gasteiger partial charge in [-0.05, 0) is 56.0 Å². The van der Waals surface area contributed by atoms with Gasteiger partial charge in [0.1, 0.15) is 23.6 Å². The van der Waals surface area contributed by atoms with Crippen LogP contribution in [-0.4, -0.2) is 47.6 Å². The molecule has 0 radical (unpaired) electrons. The third-order valence-electron chi connectivity index (χ3n) is 4.82. The third-order valence-corrected chi connectivity index (χ3v) is 4.82. The molecule has 0 bridgehead atoms. The average Bonchev–Trinajstić information content (AvgIpc) is 2.67. The zero-order valence-electron chi connectivity index (χ0n) is 16.2. The number of ether oxygens (including phenoxy) is 2. The van der Waals surface area contributed by atoms with Gasteiger partial charge in [-0.15, -0.1) is 0 Å². The number of hydrogen-bond donors (Lipinski definition) is 2. The van der Waals surface area contributed by atoms with E-state index in [9.17, 15) is 14.7 Å². The fraction of sp³-hybridized carbons (Fsp3) is 0.381. The average molecular weight is 384 g/mol. The Morgan fingerprint density at radius 1 is 1.36 bits per heavy atom. The van der Waals surface area contributed by atoms with E-state index in [4.69, 9.17) is 9.47 Å². The van der Waals surface area contributed by atoms with E-state index in [1.54, 1.807) is 33.1 Å². The maximum atomic E-state index is 12.9. The smallest absolute Gasteiger partial charge is 0.274 e. The molecule has 0 saturated carbocycles. The highest BCUT2D eigenvalue weighted by Crippen LogP contribution is 2.30. The molecule has 148 valence electrons. The maximum absolute atomic E-state index is 12.9. The zero-order valence-corrected chi connectivity index (χ0v) is 16.2. The van der Waals surface area contributed by atoms with Crippen molar-refractivity contribution in [1.29, 1.82) is 0 Å². The zero-order chi connectivity index (χ0) is 20.3. The Bertz CT molecular complexity index is 896. The van der Waals surface area contributed by atoms with E-state index in [1.165, 1.54) is 6.20 Å². The lowest BCUT2D eigenvalue weighted by Crippen LogP contribution is -2.52. The highest BCUT2D eigenvalue weighted by atomic mass is 16.5. The largest absolute Gasteiger partial charge is 0.505 e. The van der Waals surface area contributed by atoms with Crippen molar-refractivity contribution in [3.63, 3.8) is 0 Å². The lowest BCUT2D eigenvalue weighted by molar-refractivity contribution is 0.0699. The molecule has 0 fully saturated rings. The molecular weight excluding hydrogens is 360 g/mol. The van der Waals surface area contributed by atoms with Gasteiger partial charge in [0, 0.05) is 19.9 Å². The van der Waals surface area contributed by atoms with Crippen molar-refractivity contribution in [1.82, 2.24) is 10.3 Å². The number of aromatic nitrogens is 1. The number of rotatable bonds is 6. The van der Waals surface area contributed by atoms with Crippen LogP contribution in [0.3, 0.4) is 0 Å². The number of nitrogens with one attached hydrogen (secondary N) is 1. The molecule has 2 N–H and O–H groups in total. The molecule has 1 aromatic heterocycles. The molecule has 1 aliphatic rings. The summed E-state index contributed by atoms with van der Waals surface area (Å²) < 4.78 is 11.0. The standard InChI is InChI=1S/C21H24N2O5/c1-12-8-9-22-18(19(12)24)21(26)23-17-13(2)28-16-11-14(5-4-10-27-3)6-7-15(16)20(17)25/h6-9,11,13,17,24H,4-5,10H2,1-3H3,(H,23,26). The molecule has 1 amide bonds. The number of benzene rings is 1. The van der Waals surface area contributed by atoms with Crippen molar-refractivity contribution in [2.45, 2.75) is 38.8 Å². The van der Waals surface area contributed by atoms with E-state index in [-0.39, 0.29) is 17.2 Å². The quantitative estimate of drug-likeness (QED) is 0.743. The van der Waals surface area contributed by atoms with Gasteiger partial charge in [-0.3, -0.25) is 9.59 Å². The molecular formula is C21H24N2O5. The lowest BCUT2D eigenvalue weighted by Gasteiger charge is -2.31. The van der Waals surface area contributed by atoms with Gasteiger partial charge in [-0.1, -0.05) is 6.07 Å². The summed E-state index contributed by atoms with van der Waals surface area (Å²) in [6, 6.07) is 6.22. The van der Waals surface area contributed by atoms with Crippen LogP contribution < -0.4 is 10.1 Å². The summed E-state index contributed by atoms with van der Waals surface area (Å²) in [7, 11) is 1.66. The van der Waals surface area contributed by atoms with E-state index in [2.05, 4.69) is 10.3 Å². The summed E-state index contributed by atoms with van der Waals surface area (Å²) in [6.45, 7) is 4.07. The first-order chi connectivity index (χ1) is 13.4. The Balaban J connectivity index is 1.77. The summed E-state index contributed by atoms with van der Waals surface area (Å²) in [4.78, 5) is 29.4. The second kappa shape index (κ2) is 8.39. The first-order valence-electron chi connectivity index (χ1n) is 9.20. The van der Waals surface area contributed by atoms with E-state index < -0.39 is 18.1 Å². The minimum Gasteiger partial charge on any atom is -0.505 e. The summed E-state index contributed by atoms with van der Waals surface area (Å²) in [6.07, 6.45) is 2.59. The van der Waals surface area contributed by atoms with Crippen molar-refractivity contribution in [3.8, 4) is 11.5 Å². The number of nitrogens with zero attached hydrogens (tertiary/aromatic N) is 1. The van der Waals surface area contributed by atoms with Crippen molar-refractivity contribution in [2.75, 3.05) is 13.7 Å². The summed E-state index contributed by atoms with van der Waals surface area (Å²) in [5.41, 5.74) is 1.91. The van der Waals surface area contributed by atoms with Crippen LogP contribution in [0.4, 0.5) is 0 Å². The highest BCUT2D eigenvalue weighted by Gasteiger charge is 2.36. The number of carbonyl (C=O) groups excluding carboxylic acids is 2. The number of aryl methyl sites for hydroxylation is 2. The van der Waals surface area contributed by atoms with Gasteiger partial charge >= 0.3 is 0 Å². The van der Waals surface area contributed by atoms with Crippen LogP contribution >= 0.6 is 0 Å². The number of methoxy groups -OCH3 is 1. The molecule has 28 heavy (non-hydrogen) atoms. The molecule has 7 heteroatoms. The predicted octanol–water partition coefficient (Wildman–Crippen LogP) is 2.44. The molecule has 7 nitrogen and oxygen atoms in total. The van der Waals surface area contributed by atoms with Crippen molar-refractivity contribution >= 4 is 11.7 Å². The summed E-state index contributed by atoms with van der Waals surface area (Å²) in [5, 5.41) is 12.7. The number of fused-ring (bicyclic) bond motifs is 1. The van der Waals surface area contributed by atoms with Gasteiger partial charge in [0.15, 0.2) is 11.5 Å². The van der Waals surface area contributed by atoms with E-state index >= 15 is 0 Å². The SMILES string of the molecule is COCCCc1ccc2c(c1)OC(C)C(NC(=O)c1nccc(C)c1O)C2=O. The molecule has 1 aromatic carbocycles. The maximum Gasteiger partial charge on any atom is 0.274 e. The Hall–Kier alpha value is -2.93. The fourth-order valence-corrected chi connectivity index (χ4v) is 3.20. The minimum absolute atomic E-state index is 0.112. The summed E-state index contributed by atoms with van der Waals surface area (Å²) in [5.74, 6) is -0.514. The van der Waals surface area contributed by atoms with Crippen LogP contribution in [-0.2, 0) is 11.2 Å². The molecule has 2 heterocycles. The number of amides is 1. The van der Waals surface area contributed by atoms with Gasteiger partial charge in [-0.2, -0.15) is 0 Å². The number of aromatic hydroxyl groups is 1. The van der Waals surface area contributed by atoms with Gasteiger partial charge in [-0.25, -0.2) is 4.98 Å². The Kier molecular flexibility index (Phi) is 5.94. The lowest BCUT2D eigenvalue weighted by atomic mass is 9.94. The summed E-state index contributed by atoms with van der Waals surface area (Å²) >= 11 is 0. The Morgan fingerprint density at radius 3 is 2.89 bits per heavy atom. The molecule has 2 aromatic rings. The number of Topliss-reactive ketones (excluding diaryl/α,β-unsaturated/α-hetero) is 1. The van der Waals surface area contributed by atoms with Crippen molar-refractivity contribution < 1.29 is 24.2 Å². The van der Waals surface area contributed by atoms with Gasteiger partial charge in [0.25, 0.3) is 5.91 Å². The van der Waals surface area contributed by atoms with Crippen molar-refractivity contribution in [2.24, 2.45) is 0 Å². The Morgan fingerprint density at radius 2 is 2.14 bits per heavy atom. The predicted molar refractivity (Wildman–Crippen MR) is 103 cm³/mol. The molecule has 0 saturated heterocycles. The minimum atomic E-state index is -0.860. The number of hydrogen-bond acceptors (Lipinski definition) is 6. The monoisotopic (exact) mass is 384 g/mol. The van der Waals surface area contributed by atoms with Crippen LogP contribution in [0.5, 0.6) is 11.5 Å². The molecule has 2 unspecified atom stereocenters. The van der Waals surface area contributed by atoms with Crippen LogP contribution in [0.15, 0.2) is 30.5 Å². The van der Waals surface area contributed by atoms with Crippen LogP contribution in [0.1, 0.15) is 45.3 Å². The molecule has 3 rings (SSSR count). The van der Waals surface area contributed by atoms with Gasteiger partial charge in [0.2, 0.25) is 0 Å². The third kappa shape index (κ3) is 3.99. The van der Waals surface area contributed by atoms with Gasteiger partial charge in [0.05, 0.1) is 5.56 Å². The van der Waals surface area contributed by atoms with E-state index in [0.717, 1.165) is 18.4 Å². The molecule has 1 aliphatic heterocycles. The molecule has 0 spiro atoms. The van der Waals surface area contributed by atoms with Crippen molar-refractivity contribution in [3.05, 3.63) is 52.8 Å². The first kappa shape index (κ1) is 19.8. The fourth-order valence-electron chi connectivity index (χ4n) is 3.20. The first-order valence-corrected chi connectivity index (χ1v) is 9.20. The number of pyridine rings is 1. The van der Waals surface area contributed by atoms with E-state index in [1.807, 2.05) is 12.1 Å². The number of carbonyl (C=O) groups is 2. The second-order valence-electron chi connectivity index (χ2n) is 6.89. The highest BCUT2D eigenvalue weighted by molar-refractivity contribution is 6.07. The normalized spacial score (nSPS) is 18.3. The second-order valence-corrected chi connectivity index (χ2v) is 6.89. The van der Waals surface area contributed by atoms with E-state index in [0.29, 0.717) is 23.5 Å². The van der Waals surface area contributed by atoms with Crippen LogP contribution in [0.25, 0.3) is 0 Å². The molecule has 0 aliphatic carbocycles. The Labute approximate surface area is 163 Å². The topological polar surface area (TPSA) is 97.8 Å².